The van der Waals surface area contributed by atoms with Crippen LogP contribution in [0.2, 0.25) is 5.04 Å². The van der Waals surface area contributed by atoms with Crippen LogP contribution in [-0.2, 0) is 9.16 Å². The number of aromatic nitrogens is 2. The highest BCUT2D eigenvalue weighted by molar-refractivity contribution is 8.17. The molecule has 2 fully saturated rings. The van der Waals surface area contributed by atoms with E-state index in [9.17, 15) is 14.7 Å². The molecule has 7 nitrogen and oxygen atoms in total. The van der Waals surface area contributed by atoms with Gasteiger partial charge < -0.3 is 14.3 Å². The lowest BCUT2D eigenvalue weighted by Gasteiger charge is -2.44. The van der Waals surface area contributed by atoms with Crippen molar-refractivity contribution in [2.45, 2.75) is 62.2 Å². The first-order valence-electron chi connectivity index (χ1n) is 13.8. The number of H-pyrrole nitrogens is 1. The maximum atomic E-state index is 12.8. The van der Waals surface area contributed by atoms with Crippen LogP contribution in [0.1, 0.15) is 39.0 Å². The van der Waals surface area contributed by atoms with Crippen molar-refractivity contribution in [1.29, 1.82) is 0 Å². The molecule has 2 aliphatic rings. The normalized spacial score (nSPS) is 24.3. The average molecular weight is 599 g/mol. The van der Waals surface area contributed by atoms with E-state index in [2.05, 4.69) is 74.3 Å². The van der Waals surface area contributed by atoms with Crippen molar-refractivity contribution < 1.29 is 14.3 Å². The van der Waals surface area contributed by atoms with Crippen LogP contribution in [0.15, 0.2) is 76.4 Å². The summed E-state index contributed by atoms with van der Waals surface area (Å²) in [6.45, 7) is 8.63. The molecule has 10 heteroatoms. The van der Waals surface area contributed by atoms with Crippen molar-refractivity contribution in [3.05, 3.63) is 93.3 Å². The SMILES string of the molecule is Cc1cn([C@@H]2O[C@H](CO[Si](c3ccccc3)(c3ccccc3)C(C)(C)C)[C@@H](C3SCCCS3)[C@H]2O)c(=O)[nH]c1=O. The summed E-state index contributed by atoms with van der Waals surface area (Å²) in [4.78, 5) is 27.2. The highest BCUT2D eigenvalue weighted by Gasteiger charge is 2.54. The molecule has 0 bridgehead atoms. The zero-order chi connectivity index (χ0) is 28.5. The fourth-order valence-corrected chi connectivity index (χ4v) is 13.9. The highest BCUT2D eigenvalue weighted by Crippen LogP contribution is 2.46. The van der Waals surface area contributed by atoms with E-state index in [1.807, 2.05) is 35.7 Å². The molecule has 2 saturated heterocycles. The molecule has 40 heavy (non-hydrogen) atoms. The Morgan fingerprint density at radius 1 is 1.02 bits per heavy atom. The fraction of sp³-hybridized carbons (Fsp3) is 0.467. The third-order valence-electron chi connectivity index (χ3n) is 7.90. The first-order chi connectivity index (χ1) is 19.1. The van der Waals surface area contributed by atoms with E-state index in [-0.39, 0.29) is 22.1 Å². The second-order valence-corrected chi connectivity index (χ2v) is 18.7. The van der Waals surface area contributed by atoms with E-state index in [4.69, 9.17) is 9.16 Å². The van der Waals surface area contributed by atoms with Crippen LogP contribution in [0.4, 0.5) is 0 Å². The molecule has 2 N–H and O–H groups in total. The summed E-state index contributed by atoms with van der Waals surface area (Å²) in [5.41, 5.74) is -0.633. The predicted octanol–water partition coefficient (Wildman–Crippen LogP) is 3.49. The molecule has 3 aromatic rings. The molecule has 2 aliphatic heterocycles. The summed E-state index contributed by atoms with van der Waals surface area (Å²) in [7, 11) is -2.84. The molecule has 4 atom stereocenters. The predicted molar refractivity (Wildman–Crippen MR) is 166 cm³/mol. The maximum Gasteiger partial charge on any atom is 0.330 e. The summed E-state index contributed by atoms with van der Waals surface area (Å²) < 4.78 is 15.2. The van der Waals surface area contributed by atoms with Gasteiger partial charge in [0.05, 0.1) is 17.3 Å². The third-order valence-corrected chi connectivity index (χ3v) is 16.1. The van der Waals surface area contributed by atoms with Crippen LogP contribution < -0.4 is 21.6 Å². The minimum atomic E-state index is -2.84. The lowest BCUT2D eigenvalue weighted by atomic mass is 10.0. The zero-order valence-corrected chi connectivity index (χ0v) is 26.0. The van der Waals surface area contributed by atoms with E-state index < -0.39 is 38.0 Å². The fourth-order valence-electron chi connectivity index (χ4n) is 5.95. The molecule has 2 aromatic carbocycles. The number of rotatable bonds is 7. The van der Waals surface area contributed by atoms with Crippen molar-refractivity contribution in [2.75, 3.05) is 18.1 Å². The van der Waals surface area contributed by atoms with Gasteiger partial charge in [0.1, 0.15) is 6.10 Å². The Balaban J connectivity index is 1.55. The summed E-state index contributed by atoms with van der Waals surface area (Å²) in [6.07, 6.45) is 0.325. The van der Waals surface area contributed by atoms with Gasteiger partial charge in [0.25, 0.3) is 13.9 Å². The number of aromatic amines is 1. The second-order valence-electron chi connectivity index (χ2n) is 11.5. The van der Waals surface area contributed by atoms with Crippen molar-refractivity contribution >= 4 is 42.2 Å². The van der Waals surface area contributed by atoms with Crippen molar-refractivity contribution in [2.24, 2.45) is 5.92 Å². The van der Waals surface area contributed by atoms with Gasteiger partial charge in [-0.2, -0.15) is 0 Å². The number of aliphatic hydroxyl groups is 1. The van der Waals surface area contributed by atoms with E-state index in [1.54, 1.807) is 6.92 Å². The minimum absolute atomic E-state index is 0.112. The lowest BCUT2D eigenvalue weighted by Crippen LogP contribution is -2.67. The molecular weight excluding hydrogens is 561 g/mol. The Morgan fingerprint density at radius 2 is 1.60 bits per heavy atom. The van der Waals surface area contributed by atoms with Gasteiger partial charge in [-0.25, -0.2) is 4.79 Å². The zero-order valence-electron chi connectivity index (χ0n) is 23.4. The molecule has 5 rings (SSSR count). The monoisotopic (exact) mass is 598 g/mol. The van der Waals surface area contributed by atoms with Crippen LogP contribution in [-0.4, -0.2) is 57.9 Å². The molecule has 0 unspecified atom stereocenters. The summed E-state index contributed by atoms with van der Waals surface area (Å²) in [5.74, 6) is 1.79. The van der Waals surface area contributed by atoms with E-state index in [0.29, 0.717) is 5.56 Å². The van der Waals surface area contributed by atoms with Gasteiger partial charge in [-0.05, 0) is 40.3 Å². The highest BCUT2D eigenvalue weighted by atomic mass is 32.2. The molecule has 0 radical (unpaired) electrons. The molecule has 0 aliphatic carbocycles. The number of nitrogens with one attached hydrogen (secondary N) is 1. The van der Waals surface area contributed by atoms with Gasteiger partial charge in [-0.3, -0.25) is 14.3 Å². The molecule has 1 aromatic heterocycles. The third kappa shape index (κ3) is 5.54. The van der Waals surface area contributed by atoms with Crippen LogP contribution >= 0.6 is 23.5 Å². The van der Waals surface area contributed by atoms with Gasteiger partial charge in [0.2, 0.25) is 0 Å². The molecular formula is C30H38N2O5S2Si. The van der Waals surface area contributed by atoms with Crippen LogP contribution in [0.3, 0.4) is 0 Å². The van der Waals surface area contributed by atoms with Crippen molar-refractivity contribution in [3.63, 3.8) is 0 Å². The second kappa shape index (κ2) is 12.0. The Bertz CT molecular complexity index is 1360. The van der Waals surface area contributed by atoms with E-state index >= 15 is 0 Å². The van der Waals surface area contributed by atoms with Crippen LogP contribution in [0.25, 0.3) is 0 Å². The molecule has 0 amide bonds. The number of benzene rings is 2. The number of hydrogen-bond acceptors (Lipinski definition) is 7. The number of ether oxygens (including phenoxy) is 1. The number of aliphatic hydroxyl groups excluding tert-OH is 1. The summed E-state index contributed by atoms with van der Waals surface area (Å²) in [5, 5.41) is 13.8. The largest absolute Gasteiger partial charge is 0.405 e. The minimum Gasteiger partial charge on any atom is -0.405 e. The summed E-state index contributed by atoms with van der Waals surface area (Å²) >= 11 is 3.68. The van der Waals surface area contributed by atoms with Gasteiger partial charge >= 0.3 is 5.69 Å². The average Bonchev–Trinajstić information content (AvgIpc) is 3.27. The Hall–Kier alpha value is -2.08. The van der Waals surface area contributed by atoms with Crippen molar-refractivity contribution in [1.82, 2.24) is 9.55 Å². The molecule has 214 valence electrons. The molecule has 0 spiro atoms. The quantitative estimate of drug-likeness (QED) is 0.402. The lowest BCUT2D eigenvalue weighted by molar-refractivity contribution is -0.0516. The Morgan fingerprint density at radius 3 is 2.15 bits per heavy atom. The standard InChI is InChI=1S/C30H38N2O5S2Si/c1-20-18-32(29(35)31-26(20)34)27-25(33)24(28-38-16-11-17-39-28)23(37-27)19-36-40(30(2,3)4,21-12-7-5-8-13-21)22-14-9-6-10-15-22/h5-10,12-15,18,23-25,27-28,33H,11,16-17,19H2,1-4H3,(H,31,34,35)/t23-,24-,25-,27-/m1/s1. The topological polar surface area (TPSA) is 93.6 Å². The first kappa shape index (κ1) is 29.4. The first-order valence-corrected chi connectivity index (χ1v) is 17.8. The van der Waals surface area contributed by atoms with Gasteiger partial charge in [0, 0.05) is 17.7 Å². The van der Waals surface area contributed by atoms with Crippen LogP contribution in [0, 0.1) is 12.8 Å². The molecule has 0 saturated carbocycles. The summed E-state index contributed by atoms with van der Waals surface area (Å²) in [6, 6.07) is 20.9. The van der Waals surface area contributed by atoms with Gasteiger partial charge in [0.15, 0.2) is 6.23 Å². The molecule has 3 heterocycles. The van der Waals surface area contributed by atoms with Gasteiger partial charge in [-0.1, -0.05) is 81.4 Å². The Labute approximate surface area is 244 Å². The van der Waals surface area contributed by atoms with E-state index in [1.165, 1.54) is 21.1 Å². The number of hydrogen-bond donors (Lipinski definition) is 2. The van der Waals surface area contributed by atoms with Gasteiger partial charge in [-0.15, -0.1) is 23.5 Å². The maximum absolute atomic E-state index is 12.8. The number of thioether (sulfide) groups is 2. The Kier molecular flexibility index (Phi) is 8.85. The smallest absolute Gasteiger partial charge is 0.330 e. The van der Waals surface area contributed by atoms with E-state index in [0.717, 1.165) is 17.9 Å². The van der Waals surface area contributed by atoms with Crippen molar-refractivity contribution in [3.8, 4) is 0 Å². The number of nitrogens with zero attached hydrogens (tertiary/aromatic N) is 1. The number of aryl methyl sites for hydroxylation is 1. The van der Waals surface area contributed by atoms with Crippen LogP contribution in [0.5, 0.6) is 0 Å².